The van der Waals surface area contributed by atoms with Gasteiger partial charge in [0.15, 0.2) is 0 Å². The molecule has 0 saturated heterocycles. The lowest BCUT2D eigenvalue weighted by molar-refractivity contribution is 0.150. The van der Waals surface area contributed by atoms with Gasteiger partial charge in [-0.1, -0.05) is 49.5 Å². The normalized spacial score (nSPS) is 13.6. The summed E-state index contributed by atoms with van der Waals surface area (Å²) in [7, 11) is 2.14. The predicted molar refractivity (Wildman–Crippen MR) is 83.0 cm³/mol. The SMILES string of the molecule is CCC(C)(C)N(C)CC(C(N)=S)c1ccccc1. The topological polar surface area (TPSA) is 29.3 Å². The van der Waals surface area contributed by atoms with E-state index in [1.54, 1.807) is 0 Å². The summed E-state index contributed by atoms with van der Waals surface area (Å²) in [6.45, 7) is 7.55. The third kappa shape index (κ3) is 3.79. The second kappa shape index (κ2) is 6.30. The molecule has 3 heteroatoms. The van der Waals surface area contributed by atoms with Crippen molar-refractivity contribution in [2.24, 2.45) is 5.73 Å². The van der Waals surface area contributed by atoms with Crippen molar-refractivity contribution in [1.82, 2.24) is 4.90 Å². The highest BCUT2D eigenvalue weighted by molar-refractivity contribution is 7.80. The molecule has 0 fully saturated rings. The average molecular weight is 264 g/mol. The minimum Gasteiger partial charge on any atom is -0.393 e. The fourth-order valence-electron chi connectivity index (χ4n) is 1.84. The lowest BCUT2D eigenvalue weighted by Gasteiger charge is -2.37. The minimum absolute atomic E-state index is 0.122. The monoisotopic (exact) mass is 264 g/mol. The first-order valence-electron chi connectivity index (χ1n) is 6.44. The zero-order valence-electron chi connectivity index (χ0n) is 11.8. The summed E-state index contributed by atoms with van der Waals surface area (Å²) in [6.07, 6.45) is 1.10. The van der Waals surface area contributed by atoms with Gasteiger partial charge in [0.2, 0.25) is 0 Å². The van der Waals surface area contributed by atoms with Crippen molar-refractivity contribution < 1.29 is 0 Å². The van der Waals surface area contributed by atoms with E-state index in [4.69, 9.17) is 18.0 Å². The van der Waals surface area contributed by atoms with Crippen LogP contribution in [0, 0.1) is 0 Å². The van der Waals surface area contributed by atoms with Gasteiger partial charge in [-0.05, 0) is 32.9 Å². The molecule has 1 atom stereocenters. The van der Waals surface area contributed by atoms with Crippen LogP contribution in [0.3, 0.4) is 0 Å². The zero-order valence-corrected chi connectivity index (χ0v) is 12.6. The van der Waals surface area contributed by atoms with Crippen molar-refractivity contribution >= 4 is 17.2 Å². The van der Waals surface area contributed by atoms with E-state index < -0.39 is 0 Å². The first kappa shape index (κ1) is 15.1. The smallest absolute Gasteiger partial charge is 0.0816 e. The van der Waals surface area contributed by atoms with Crippen LogP contribution in [0.15, 0.2) is 30.3 Å². The van der Waals surface area contributed by atoms with Crippen LogP contribution in [-0.4, -0.2) is 29.0 Å². The van der Waals surface area contributed by atoms with Gasteiger partial charge >= 0.3 is 0 Å². The maximum absolute atomic E-state index is 5.91. The van der Waals surface area contributed by atoms with Crippen LogP contribution in [0.5, 0.6) is 0 Å². The molecule has 0 aliphatic rings. The first-order chi connectivity index (χ1) is 8.38. The zero-order chi connectivity index (χ0) is 13.8. The maximum Gasteiger partial charge on any atom is 0.0816 e. The summed E-state index contributed by atoms with van der Waals surface area (Å²) in [5, 5.41) is 0. The van der Waals surface area contributed by atoms with Crippen molar-refractivity contribution in [1.29, 1.82) is 0 Å². The van der Waals surface area contributed by atoms with Crippen molar-refractivity contribution in [3.05, 3.63) is 35.9 Å². The fourth-order valence-corrected chi connectivity index (χ4v) is 2.05. The molecule has 100 valence electrons. The summed E-state index contributed by atoms with van der Waals surface area (Å²) in [4.78, 5) is 2.91. The summed E-state index contributed by atoms with van der Waals surface area (Å²) in [5.74, 6) is 0.122. The van der Waals surface area contributed by atoms with Gasteiger partial charge in [0, 0.05) is 18.0 Å². The van der Waals surface area contributed by atoms with E-state index in [9.17, 15) is 0 Å². The molecule has 0 aliphatic carbocycles. The second-order valence-electron chi connectivity index (χ2n) is 5.41. The van der Waals surface area contributed by atoms with Crippen LogP contribution in [-0.2, 0) is 0 Å². The Morgan fingerprint density at radius 3 is 2.33 bits per heavy atom. The molecule has 2 nitrogen and oxygen atoms in total. The average Bonchev–Trinajstić information content (AvgIpc) is 2.36. The molecule has 0 heterocycles. The number of hydrogen-bond donors (Lipinski definition) is 1. The quantitative estimate of drug-likeness (QED) is 0.800. The highest BCUT2D eigenvalue weighted by Gasteiger charge is 2.25. The molecule has 0 spiro atoms. The molecule has 1 aromatic rings. The third-order valence-corrected chi connectivity index (χ3v) is 4.18. The van der Waals surface area contributed by atoms with E-state index >= 15 is 0 Å². The number of benzene rings is 1. The van der Waals surface area contributed by atoms with Gasteiger partial charge < -0.3 is 10.6 Å². The molecule has 1 rings (SSSR count). The highest BCUT2D eigenvalue weighted by atomic mass is 32.1. The third-order valence-electron chi connectivity index (χ3n) is 3.90. The van der Waals surface area contributed by atoms with Crippen LogP contribution >= 0.6 is 12.2 Å². The number of thiocarbonyl (C=S) groups is 1. The highest BCUT2D eigenvalue weighted by Crippen LogP contribution is 2.23. The van der Waals surface area contributed by atoms with Gasteiger partial charge in [-0.3, -0.25) is 0 Å². The Labute approximate surface area is 116 Å². The Bertz CT molecular complexity index is 387. The molecule has 0 saturated carbocycles. The van der Waals surface area contributed by atoms with Gasteiger partial charge in [0.05, 0.1) is 4.99 Å². The molecule has 0 radical (unpaired) electrons. The molecule has 0 bridgehead atoms. The van der Waals surface area contributed by atoms with E-state index in [0.717, 1.165) is 13.0 Å². The number of rotatable bonds is 6. The first-order valence-corrected chi connectivity index (χ1v) is 6.85. The summed E-state index contributed by atoms with van der Waals surface area (Å²) in [6, 6.07) is 10.3. The van der Waals surface area contributed by atoms with E-state index in [0.29, 0.717) is 4.99 Å². The Morgan fingerprint density at radius 2 is 1.89 bits per heavy atom. The molecule has 0 aliphatic heterocycles. The number of nitrogens with two attached hydrogens (primary N) is 1. The molecule has 1 unspecified atom stereocenters. The van der Waals surface area contributed by atoms with Crippen LogP contribution in [0.4, 0.5) is 0 Å². The molecule has 18 heavy (non-hydrogen) atoms. The summed E-state index contributed by atoms with van der Waals surface area (Å²) >= 11 is 5.23. The van der Waals surface area contributed by atoms with Crippen LogP contribution in [0.2, 0.25) is 0 Å². The van der Waals surface area contributed by atoms with Gasteiger partial charge in [-0.2, -0.15) is 0 Å². The Kier molecular flexibility index (Phi) is 5.29. The van der Waals surface area contributed by atoms with Gasteiger partial charge in [-0.25, -0.2) is 0 Å². The van der Waals surface area contributed by atoms with Crippen LogP contribution in [0.1, 0.15) is 38.7 Å². The largest absolute Gasteiger partial charge is 0.393 e. The maximum atomic E-state index is 5.91. The number of hydrogen-bond acceptors (Lipinski definition) is 2. The standard InChI is InChI=1S/C15H24N2S/c1-5-15(2,3)17(4)11-13(14(16)18)12-9-7-6-8-10-12/h6-10,13H,5,11H2,1-4H3,(H2,16,18). The molecule has 0 aromatic heterocycles. The fraction of sp³-hybridized carbons (Fsp3) is 0.533. The van der Waals surface area contributed by atoms with E-state index in [1.165, 1.54) is 5.56 Å². The summed E-state index contributed by atoms with van der Waals surface area (Å²) in [5.41, 5.74) is 7.27. The van der Waals surface area contributed by atoms with Gasteiger partial charge in [0.1, 0.15) is 0 Å². The lowest BCUT2D eigenvalue weighted by Crippen LogP contribution is -2.44. The Hall–Kier alpha value is -0.930. The van der Waals surface area contributed by atoms with E-state index in [-0.39, 0.29) is 11.5 Å². The summed E-state index contributed by atoms with van der Waals surface area (Å²) < 4.78 is 0. The van der Waals surface area contributed by atoms with Crippen LogP contribution in [0.25, 0.3) is 0 Å². The molecule has 0 amide bonds. The predicted octanol–water partition coefficient (Wildman–Crippen LogP) is 3.18. The number of nitrogens with zero attached hydrogens (tertiary/aromatic N) is 1. The van der Waals surface area contributed by atoms with Crippen molar-refractivity contribution in [2.45, 2.75) is 38.6 Å². The van der Waals surface area contributed by atoms with E-state index in [2.05, 4.69) is 44.9 Å². The molecule has 2 N–H and O–H groups in total. The van der Waals surface area contributed by atoms with Gasteiger partial charge in [-0.15, -0.1) is 0 Å². The van der Waals surface area contributed by atoms with Crippen molar-refractivity contribution in [3.63, 3.8) is 0 Å². The molecular weight excluding hydrogens is 240 g/mol. The Morgan fingerprint density at radius 1 is 1.33 bits per heavy atom. The molecular formula is C15H24N2S. The van der Waals surface area contributed by atoms with Crippen molar-refractivity contribution in [2.75, 3.05) is 13.6 Å². The van der Waals surface area contributed by atoms with E-state index in [1.807, 2.05) is 18.2 Å². The Balaban J connectivity index is 2.86. The van der Waals surface area contributed by atoms with Crippen molar-refractivity contribution in [3.8, 4) is 0 Å². The van der Waals surface area contributed by atoms with Crippen LogP contribution < -0.4 is 5.73 Å². The van der Waals surface area contributed by atoms with Gasteiger partial charge in [0.25, 0.3) is 0 Å². The lowest BCUT2D eigenvalue weighted by atomic mass is 9.94. The second-order valence-corrected chi connectivity index (χ2v) is 5.88. The number of likely N-dealkylation sites (N-methyl/N-ethyl adjacent to an activating group) is 1. The minimum atomic E-state index is 0.122. The molecule has 1 aromatic carbocycles.